The lowest BCUT2D eigenvalue weighted by atomic mass is 10.3. The van der Waals surface area contributed by atoms with E-state index in [2.05, 4.69) is 16.6 Å². The summed E-state index contributed by atoms with van der Waals surface area (Å²) in [6.45, 7) is 7.09. The maximum Gasteiger partial charge on any atom is 0.409 e. The zero-order valence-electron chi connectivity index (χ0n) is 11.0. The van der Waals surface area contributed by atoms with Crippen molar-refractivity contribution < 1.29 is 19.1 Å². The van der Waals surface area contributed by atoms with Crippen molar-refractivity contribution in [3.63, 3.8) is 0 Å². The second-order valence-corrected chi connectivity index (χ2v) is 4.26. The minimum absolute atomic E-state index is 0.216. The number of rotatable bonds is 7. The van der Waals surface area contributed by atoms with Crippen LogP contribution in [0.5, 0.6) is 0 Å². The van der Waals surface area contributed by atoms with Crippen LogP contribution in [-0.2, 0) is 14.3 Å². The van der Waals surface area contributed by atoms with E-state index in [1.54, 1.807) is 4.90 Å². The Kier molecular flexibility index (Phi) is 7.17. The van der Waals surface area contributed by atoms with Crippen LogP contribution in [0.2, 0.25) is 0 Å². The van der Waals surface area contributed by atoms with E-state index in [0.717, 1.165) is 32.5 Å². The lowest BCUT2D eigenvalue weighted by molar-refractivity contribution is -0.129. The fourth-order valence-electron chi connectivity index (χ4n) is 1.78. The topological polar surface area (TPSA) is 59.1 Å². The van der Waals surface area contributed by atoms with Gasteiger partial charge in [-0.1, -0.05) is 13.3 Å². The summed E-state index contributed by atoms with van der Waals surface area (Å²) in [6.07, 6.45) is 1.72. The number of ether oxygens (including phenoxy) is 2. The molecule has 1 aliphatic rings. The molecule has 0 atom stereocenters. The first kappa shape index (κ1) is 14.8. The van der Waals surface area contributed by atoms with Gasteiger partial charge in [-0.3, -0.25) is 9.69 Å². The van der Waals surface area contributed by atoms with E-state index in [-0.39, 0.29) is 6.09 Å². The highest BCUT2D eigenvalue weighted by Gasteiger charge is 2.21. The molecule has 6 nitrogen and oxygen atoms in total. The van der Waals surface area contributed by atoms with Gasteiger partial charge in [0.15, 0.2) is 0 Å². The lowest BCUT2D eigenvalue weighted by Gasteiger charge is -2.33. The van der Waals surface area contributed by atoms with Crippen LogP contribution in [0.3, 0.4) is 0 Å². The molecule has 1 fully saturated rings. The van der Waals surface area contributed by atoms with Crippen molar-refractivity contribution in [3.8, 4) is 0 Å². The Balaban J connectivity index is 2.14. The monoisotopic (exact) mass is 258 g/mol. The van der Waals surface area contributed by atoms with Gasteiger partial charge >= 0.3 is 6.09 Å². The van der Waals surface area contributed by atoms with Crippen molar-refractivity contribution in [2.24, 2.45) is 0 Å². The molecule has 1 rings (SSSR count). The first-order valence-corrected chi connectivity index (χ1v) is 6.47. The highest BCUT2D eigenvalue weighted by molar-refractivity contribution is 5.67. The van der Waals surface area contributed by atoms with Gasteiger partial charge in [0.1, 0.15) is 6.61 Å². The number of hydrogen-bond acceptors (Lipinski definition) is 5. The van der Waals surface area contributed by atoms with Crippen LogP contribution in [0, 0.1) is 0 Å². The highest BCUT2D eigenvalue weighted by atomic mass is 16.6. The van der Waals surface area contributed by atoms with Gasteiger partial charge in [-0.25, -0.2) is 4.79 Å². The van der Waals surface area contributed by atoms with E-state index in [0.29, 0.717) is 32.8 Å². The molecule has 1 aliphatic heterocycles. The lowest BCUT2D eigenvalue weighted by Crippen LogP contribution is -2.49. The molecule has 0 bridgehead atoms. The molecule has 0 aliphatic carbocycles. The summed E-state index contributed by atoms with van der Waals surface area (Å²) in [5, 5.41) is 0. The summed E-state index contributed by atoms with van der Waals surface area (Å²) in [5.74, 6) is 0. The van der Waals surface area contributed by atoms with E-state index < -0.39 is 0 Å². The second-order valence-electron chi connectivity index (χ2n) is 4.26. The predicted molar refractivity (Wildman–Crippen MR) is 66.3 cm³/mol. The van der Waals surface area contributed by atoms with Crippen LogP contribution < -0.4 is 0 Å². The van der Waals surface area contributed by atoms with Crippen LogP contribution >= 0.6 is 0 Å². The van der Waals surface area contributed by atoms with Crippen molar-refractivity contribution in [1.29, 1.82) is 0 Å². The second kappa shape index (κ2) is 8.74. The van der Waals surface area contributed by atoms with Crippen molar-refractivity contribution in [3.05, 3.63) is 0 Å². The standard InChI is InChI=1S/C12H22N2O4/c1-2-3-9-18-12(16)14-6-4-13(5-7-14)8-10-17-11-15/h11H,2-10H2,1H3. The number of carbonyl (C=O) groups excluding carboxylic acids is 2. The summed E-state index contributed by atoms with van der Waals surface area (Å²) in [6, 6.07) is 0. The van der Waals surface area contributed by atoms with Crippen LogP contribution in [0.1, 0.15) is 19.8 Å². The number of hydrogen-bond donors (Lipinski definition) is 0. The first-order valence-electron chi connectivity index (χ1n) is 6.47. The van der Waals surface area contributed by atoms with Crippen molar-refractivity contribution in [1.82, 2.24) is 9.80 Å². The van der Waals surface area contributed by atoms with Gasteiger partial charge in [0.25, 0.3) is 6.47 Å². The maximum atomic E-state index is 11.7. The van der Waals surface area contributed by atoms with Gasteiger partial charge in [0.05, 0.1) is 6.61 Å². The van der Waals surface area contributed by atoms with E-state index in [1.807, 2.05) is 0 Å². The molecule has 0 aromatic heterocycles. The summed E-state index contributed by atoms with van der Waals surface area (Å²) >= 11 is 0. The number of carbonyl (C=O) groups is 2. The van der Waals surface area contributed by atoms with E-state index in [1.165, 1.54) is 0 Å². The molecule has 0 aromatic carbocycles. The Morgan fingerprint density at radius 2 is 1.94 bits per heavy atom. The summed E-state index contributed by atoms with van der Waals surface area (Å²) in [7, 11) is 0. The number of unbranched alkanes of at least 4 members (excludes halogenated alkanes) is 1. The first-order chi connectivity index (χ1) is 8.77. The van der Waals surface area contributed by atoms with Crippen LogP contribution in [0.25, 0.3) is 0 Å². The van der Waals surface area contributed by atoms with Crippen LogP contribution in [-0.4, -0.2) is 68.3 Å². The number of nitrogens with zero attached hydrogens (tertiary/aromatic N) is 2. The zero-order chi connectivity index (χ0) is 13.2. The average molecular weight is 258 g/mol. The van der Waals surface area contributed by atoms with Crippen LogP contribution in [0.15, 0.2) is 0 Å². The van der Waals surface area contributed by atoms with Gasteiger partial charge < -0.3 is 14.4 Å². The summed E-state index contributed by atoms with van der Waals surface area (Å²) in [4.78, 5) is 25.6. The third-order valence-corrected chi connectivity index (χ3v) is 2.95. The zero-order valence-corrected chi connectivity index (χ0v) is 11.0. The fraction of sp³-hybridized carbons (Fsp3) is 0.833. The molecule has 0 unspecified atom stereocenters. The van der Waals surface area contributed by atoms with E-state index in [4.69, 9.17) is 4.74 Å². The highest BCUT2D eigenvalue weighted by Crippen LogP contribution is 2.04. The minimum atomic E-state index is -0.216. The predicted octanol–water partition coefficient (Wildman–Crippen LogP) is 0.714. The molecule has 0 radical (unpaired) electrons. The van der Waals surface area contributed by atoms with Gasteiger partial charge in [-0.15, -0.1) is 0 Å². The molecule has 6 heteroatoms. The largest absolute Gasteiger partial charge is 0.467 e. The Morgan fingerprint density at radius 3 is 2.56 bits per heavy atom. The molecule has 0 spiro atoms. The van der Waals surface area contributed by atoms with Gasteiger partial charge in [-0.2, -0.15) is 0 Å². The molecule has 1 heterocycles. The van der Waals surface area contributed by atoms with Gasteiger partial charge in [0, 0.05) is 32.7 Å². The normalized spacial score (nSPS) is 16.4. The van der Waals surface area contributed by atoms with E-state index in [9.17, 15) is 9.59 Å². The van der Waals surface area contributed by atoms with Gasteiger partial charge in [0.2, 0.25) is 0 Å². The summed E-state index contributed by atoms with van der Waals surface area (Å²) < 4.78 is 9.80. The third-order valence-electron chi connectivity index (χ3n) is 2.95. The molecule has 18 heavy (non-hydrogen) atoms. The van der Waals surface area contributed by atoms with Crippen molar-refractivity contribution in [2.45, 2.75) is 19.8 Å². The van der Waals surface area contributed by atoms with Gasteiger partial charge in [-0.05, 0) is 6.42 Å². The molecule has 1 saturated heterocycles. The number of piperazine rings is 1. The fourth-order valence-corrected chi connectivity index (χ4v) is 1.78. The Bertz CT molecular complexity index is 252. The Morgan fingerprint density at radius 1 is 1.22 bits per heavy atom. The summed E-state index contributed by atoms with van der Waals surface area (Å²) in [5.41, 5.74) is 0. The number of amides is 1. The molecular weight excluding hydrogens is 236 g/mol. The molecule has 0 aromatic rings. The van der Waals surface area contributed by atoms with Crippen molar-refractivity contribution >= 4 is 12.6 Å². The molecular formula is C12H22N2O4. The molecule has 104 valence electrons. The Hall–Kier alpha value is -1.30. The van der Waals surface area contributed by atoms with Crippen molar-refractivity contribution in [2.75, 3.05) is 45.9 Å². The smallest absolute Gasteiger partial charge is 0.409 e. The Labute approximate surface area is 108 Å². The minimum Gasteiger partial charge on any atom is -0.467 e. The molecule has 1 amide bonds. The maximum absolute atomic E-state index is 11.7. The average Bonchev–Trinajstić information content (AvgIpc) is 2.40. The quantitative estimate of drug-likeness (QED) is 0.497. The van der Waals surface area contributed by atoms with Crippen LogP contribution in [0.4, 0.5) is 4.79 Å². The van der Waals surface area contributed by atoms with E-state index >= 15 is 0 Å². The molecule has 0 saturated carbocycles. The SMILES string of the molecule is CCCCOC(=O)N1CCN(CCOC=O)CC1. The molecule has 0 N–H and O–H groups in total. The third kappa shape index (κ3) is 5.35.